The van der Waals surface area contributed by atoms with Crippen molar-refractivity contribution >= 4 is 17.2 Å². The van der Waals surface area contributed by atoms with Gasteiger partial charge in [-0.15, -0.1) is 0 Å². The van der Waals surface area contributed by atoms with E-state index < -0.39 is 0 Å². The normalized spacial score (nSPS) is 17.1. The highest BCUT2D eigenvalue weighted by molar-refractivity contribution is 5.89. The Morgan fingerprint density at radius 2 is 1.74 bits per heavy atom. The quantitative estimate of drug-likeness (QED) is 0.170. The van der Waals surface area contributed by atoms with Gasteiger partial charge in [-0.3, -0.25) is 4.79 Å². The van der Waals surface area contributed by atoms with Gasteiger partial charge in [-0.2, -0.15) is 0 Å². The SMILES string of the molecule is C=C/C(=C\C(C)/C(C)=N\C(=C/C(C)C(=O)N(C)[C@@H](CC)CN1CCCC1)NCc1ccc(F)cc1)c1ccc2c(c1)OCO2.CC. The van der Waals surface area contributed by atoms with E-state index in [1.165, 1.54) is 25.0 Å². The van der Waals surface area contributed by atoms with Gasteiger partial charge in [-0.1, -0.05) is 64.6 Å². The van der Waals surface area contributed by atoms with Gasteiger partial charge in [0.1, 0.15) is 11.6 Å². The predicted octanol–water partition coefficient (Wildman–Crippen LogP) is 7.85. The average molecular weight is 633 g/mol. The molecule has 8 heteroatoms. The first-order chi connectivity index (χ1) is 22.2. The Balaban J connectivity index is 0.00000282. The molecule has 250 valence electrons. The van der Waals surface area contributed by atoms with Gasteiger partial charge in [0.15, 0.2) is 11.5 Å². The number of halogens is 1. The van der Waals surface area contributed by atoms with Crippen molar-refractivity contribution in [3.63, 3.8) is 0 Å². The summed E-state index contributed by atoms with van der Waals surface area (Å²) in [4.78, 5) is 22.9. The van der Waals surface area contributed by atoms with E-state index in [1.54, 1.807) is 12.1 Å². The van der Waals surface area contributed by atoms with Crippen molar-refractivity contribution < 1.29 is 18.7 Å². The zero-order chi connectivity index (χ0) is 33.6. The van der Waals surface area contributed by atoms with E-state index in [4.69, 9.17) is 14.5 Å². The van der Waals surface area contributed by atoms with Gasteiger partial charge in [0.25, 0.3) is 0 Å². The van der Waals surface area contributed by atoms with E-state index in [1.807, 2.05) is 70.0 Å². The summed E-state index contributed by atoms with van der Waals surface area (Å²) in [6.07, 6.45) is 9.21. The third-order valence-electron chi connectivity index (χ3n) is 8.53. The van der Waals surface area contributed by atoms with E-state index in [0.717, 1.165) is 60.0 Å². The Hall–Kier alpha value is -3.91. The summed E-state index contributed by atoms with van der Waals surface area (Å²) in [5, 5.41) is 3.40. The molecule has 4 rings (SSSR count). The van der Waals surface area contributed by atoms with Crippen molar-refractivity contribution in [2.75, 3.05) is 33.5 Å². The molecule has 2 aromatic rings. The summed E-state index contributed by atoms with van der Waals surface area (Å²) in [6.45, 7) is 19.9. The van der Waals surface area contributed by atoms with Crippen LogP contribution in [0.2, 0.25) is 0 Å². The number of allylic oxidation sites excluding steroid dienone is 3. The van der Waals surface area contributed by atoms with Crippen molar-refractivity contribution in [3.8, 4) is 11.5 Å². The maximum absolute atomic E-state index is 13.6. The standard InChI is InChI=1S/C36H47FN4O3.C2H6/c1-7-29(30-13-16-33-34(21-30)44-24-43-33)19-25(3)27(5)39-35(38-22-28-11-14-31(37)15-12-28)20-26(4)36(42)40(6)32(8-2)23-41-17-9-10-18-41;1-2/h7,11-16,19-21,25-26,32,38H,1,8-10,17-18,22-24H2,2-6H3;1-2H3/b29-19+,35-20-,39-27-;/t25?,26?,32-;/m0./s1. The van der Waals surface area contributed by atoms with Crippen molar-refractivity contribution in [2.24, 2.45) is 16.8 Å². The molecular weight excluding hydrogens is 579 g/mol. The number of likely N-dealkylation sites (tertiary alicyclic amines) is 1. The minimum absolute atomic E-state index is 0.0249. The summed E-state index contributed by atoms with van der Waals surface area (Å²) >= 11 is 0. The highest BCUT2D eigenvalue weighted by Crippen LogP contribution is 2.35. The first kappa shape index (κ1) is 36.6. The Bertz CT molecular complexity index is 1380. The van der Waals surface area contributed by atoms with E-state index >= 15 is 0 Å². The molecule has 0 aliphatic carbocycles. The van der Waals surface area contributed by atoms with Crippen LogP contribution in [0.5, 0.6) is 11.5 Å². The number of likely N-dealkylation sites (N-methyl/N-ethyl adjacent to an activating group) is 1. The molecule has 0 radical (unpaired) electrons. The van der Waals surface area contributed by atoms with E-state index in [9.17, 15) is 9.18 Å². The van der Waals surface area contributed by atoms with Gasteiger partial charge in [0.05, 0.1) is 5.92 Å². The van der Waals surface area contributed by atoms with Crippen LogP contribution in [0.25, 0.3) is 5.57 Å². The molecule has 2 aliphatic heterocycles. The molecule has 2 aromatic carbocycles. The number of amides is 1. The maximum Gasteiger partial charge on any atom is 0.231 e. The van der Waals surface area contributed by atoms with Gasteiger partial charge in [-0.25, -0.2) is 9.38 Å². The third-order valence-corrected chi connectivity index (χ3v) is 8.53. The topological polar surface area (TPSA) is 66.4 Å². The molecule has 0 spiro atoms. The molecule has 7 nitrogen and oxygen atoms in total. The third kappa shape index (κ3) is 10.3. The summed E-state index contributed by atoms with van der Waals surface area (Å²) in [5.41, 5.74) is 3.73. The second-order valence-electron chi connectivity index (χ2n) is 11.8. The number of hydrogen-bond donors (Lipinski definition) is 1. The number of rotatable bonds is 14. The maximum atomic E-state index is 13.6. The zero-order valence-electron chi connectivity index (χ0n) is 28.8. The van der Waals surface area contributed by atoms with Crippen LogP contribution in [0, 0.1) is 17.7 Å². The fourth-order valence-electron chi connectivity index (χ4n) is 5.57. The van der Waals surface area contributed by atoms with Crippen LogP contribution in [-0.4, -0.2) is 60.9 Å². The van der Waals surface area contributed by atoms with Gasteiger partial charge in [-0.05, 0) is 93.2 Å². The van der Waals surface area contributed by atoms with Crippen LogP contribution in [0.4, 0.5) is 4.39 Å². The molecule has 1 amide bonds. The number of carbonyl (C=O) groups is 1. The Morgan fingerprint density at radius 3 is 2.39 bits per heavy atom. The average Bonchev–Trinajstić information content (AvgIpc) is 3.77. The monoisotopic (exact) mass is 632 g/mol. The minimum atomic E-state index is -0.386. The van der Waals surface area contributed by atoms with Crippen molar-refractivity contribution in [2.45, 2.75) is 73.4 Å². The van der Waals surface area contributed by atoms with Crippen molar-refractivity contribution in [1.82, 2.24) is 15.1 Å². The minimum Gasteiger partial charge on any atom is -0.454 e. The van der Waals surface area contributed by atoms with Crippen molar-refractivity contribution in [3.05, 3.63) is 90.0 Å². The van der Waals surface area contributed by atoms with Gasteiger partial charge < -0.3 is 24.6 Å². The van der Waals surface area contributed by atoms with E-state index in [-0.39, 0.29) is 36.4 Å². The fourth-order valence-corrected chi connectivity index (χ4v) is 5.57. The summed E-state index contributed by atoms with van der Waals surface area (Å²) in [6, 6.07) is 12.4. The predicted molar refractivity (Wildman–Crippen MR) is 187 cm³/mol. The van der Waals surface area contributed by atoms with Gasteiger partial charge in [0.2, 0.25) is 12.7 Å². The number of fused-ring (bicyclic) bond motifs is 1. The summed E-state index contributed by atoms with van der Waals surface area (Å²) in [5.74, 6) is 1.44. The molecular formula is C38H53FN4O3. The molecule has 2 heterocycles. The van der Waals surface area contributed by atoms with Gasteiger partial charge in [0, 0.05) is 37.8 Å². The van der Waals surface area contributed by atoms with Gasteiger partial charge >= 0.3 is 0 Å². The smallest absolute Gasteiger partial charge is 0.231 e. The number of ether oxygens (including phenoxy) is 2. The molecule has 0 bridgehead atoms. The lowest BCUT2D eigenvalue weighted by Crippen LogP contribution is -2.45. The first-order valence-electron chi connectivity index (χ1n) is 16.7. The molecule has 0 aromatic heterocycles. The lowest BCUT2D eigenvalue weighted by Gasteiger charge is -2.32. The number of carbonyl (C=O) groups excluding carboxylic acids is 1. The number of nitrogens with one attached hydrogen (secondary N) is 1. The Labute approximate surface area is 275 Å². The summed E-state index contributed by atoms with van der Waals surface area (Å²) < 4.78 is 24.5. The molecule has 2 unspecified atom stereocenters. The fraction of sp³-hybridized carbons (Fsp3) is 0.474. The van der Waals surface area contributed by atoms with Crippen LogP contribution in [0.15, 0.2) is 78.1 Å². The Kier molecular flexibility index (Phi) is 14.5. The highest BCUT2D eigenvalue weighted by atomic mass is 19.1. The number of hydrogen-bond acceptors (Lipinski definition) is 6. The summed E-state index contributed by atoms with van der Waals surface area (Å²) in [7, 11) is 1.91. The van der Waals surface area contributed by atoms with Crippen LogP contribution < -0.4 is 14.8 Å². The zero-order valence-corrected chi connectivity index (χ0v) is 28.8. The van der Waals surface area contributed by atoms with E-state index in [2.05, 4.69) is 36.7 Å². The largest absolute Gasteiger partial charge is 0.454 e. The lowest BCUT2D eigenvalue weighted by atomic mass is 9.98. The first-order valence-corrected chi connectivity index (χ1v) is 16.7. The number of nitrogens with zero attached hydrogens (tertiary/aromatic N) is 3. The number of benzene rings is 2. The molecule has 3 atom stereocenters. The molecule has 46 heavy (non-hydrogen) atoms. The molecule has 1 saturated heterocycles. The highest BCUT2D eigenvalue weighted by Gasteiger charge is 2.25. The molecule has 2 aliphatic rings. The molecule has 1 fully saturated rings. The van der Waals surface area contributed by atoms with Crippen LogP contribution >= 0.6 is 0 Å². The second-order valence-corrected chi connectivity index (χ2v) is 11.8. The lowest BCUT2D eigenvalue weighted by molar-refractivity contribution is -0.134. The second kappa shape index (κ2) is 18.3. The van der Waals surface area contributed by atoms with Crippen molar-refractivity contribution in [1.29, 1.82) is 0 Å². The van der Waals surface area contributed by atoms with Crippen LogP contribution in [-0.2, 0) is 11.3 Å². The van der Waals surface area contributed by atoms with Crippen LogP contribution in [0.1, 0.15) is 71.9 Å². The van der Waals surface area contributed by atoms with Crippen LogP contribution in [0.3, 0.4) is 0 Å². The number of aliphatic imine (C=N–C) groups is 1. The van der Waals surface area contributed by atoms with E-state index in [0.29, 0.717) is 12.4 Å². The molecule has 0 saturated carbocycles. The Morgan fingerprint density at radius 1 is 1.07 bits per heavy atom. The molecule has 1 N–H and O–H groups in total.